The van der Waals surface area contributed by atoms with Gasteiger partial charge in [0.2, 0.25) is 5.95 Å². The van der Waals surface area contributed by atoms with E-state index in [0.717, 1.165) is 25.9 Å². The van der Waals surface area contributed by atoms with Crippen molar-refractivity contribution < 1.29 is 9.13 Å². The number of aryl methyl sites for hydroxylation is 1. The van der Waals surface area contributed by atoms with Gasteiger partial charge in [-0.25, -0.2) is 14.4 Å². The first-order valence-electron chi connectivity index (χ1n) is 7.96. The SMILES string of the molecule is CO[C@@H]1CCN(c2ncc(F)cn2)C[C@@H]1Cc1cccc(C)c1. The molecule has 23 heavy (non-hydrogen) atoms. The van der Waals surface area contributed by atoms with Crippen LogP contribution in [0.4, 0.5) is 10.3 Å². The zero-order valence-electron chi connectivity index (χ0n) is 13.6. The van der Waals surface area contributed by atoms with E-state index >= 15 is 0 Å². The molecule has 2 aromatic rings. The van der Waals surface area contributed by atoms with E-state index in [4.69, 9.17) is 4.74 Å². The van der Waals surface area contributed by atoms with Crippen molar-refractivity contribution in [2.24, 2.45) is 5.92 Å². The summed E-state index contributed by atoms with van der Waals surface area (Å²) in [7, 11) is 1.78. The highest BCUT2D eigenvalue weighted by molar-refractivity contribution is 5.31. The van der Waals surface area contributed by atoms with Crippen molar-refractivity contribution in [3.63, 3.8) is 0 Å². The minimum Gasteiger partial charge on any atom is -0.381 e. The Labute approximate surface area is 136 Å². The topological polar surface area (TPSA) is 38.2 Å². The Balaban J connectivity index is 1.74. The smallest absolute Gasteiger partial charge is 0.225 e. The summed E-state index contributed by atoms with van der Waals surface area (Å²) in [5.41, 5.74) is 2.59. The second-order valence-corrected chi connectivity index (χ2v) is 6.16. The van der Waals surface area contributed by atoms with Gasteiger partial charge in [-0.05, 0) is 25.3 Å². The number of nitrogens with zero attached hydrogens (tertiary/aromatic N) is 3. The predicted molar refractivity (Wildman–Crippen MR) is 88.0 cm³/mol. The third-order valence-electron chi connectivity index (χ3n) is 4.44. The van der Waals surface area contributed by atoms with Crippen LogP contribution in [-0.2, 0) is 11.2 Å². The largest absolute Gasteiger partial charge is 0.381 e. The number of anilines is 1. The molecule has 2 atom stereocenters. The maximum atomic E-state index is 13.0. The molecule has 0 N–H and O–H groups in total. The van der Waals surface area contributed by atoms with Gasteiger partial charge in [0, 0.05) is 26.1 Å². The Bertz CT molecular complexity index is 647. The van der Waals surface area contributed by atoms with Crippen molar-refractivity contribution in [1.29, 1.82) is 0 Å². The van der Waals surface area contributed by atoms with E-state index in [-0.39, 0.29) is 6.10 Å². The van der Waals surface area contributed by atoms with Crippen molar-refractivity contribution in [2.45, 2.75) is 25.9 Å². The van der Waals surface area contributed by atoms with Gasteiger partial charge in [-0.15, -0.1) is 0 Å². The Morgan fingerprint density at radius 1 is 1.30 bits per heavy atom. The molecule has 1 aliphatic heterocycles. The molecule has 1 aromatic heterocycles. The quantitative estimate of drug-likeness (QED) is 0.869. The predicted octanol–water partition coefficient (Wildman–Crippen LogP) is 3.01. The van der Waals surface area contributed by atoms with E-state index in [1.165, 1.54) is 23.5 Å². The van der Waals surface area contributed by atoms with Crippen molar-refractivity contribution >= 4 is 5.95 Å². The van der Waals surface area contributed by atoms with Gasteiger partial charge in [-0.2, -0.15) is 0 Å². The molecule has 1 aromatic carbocycles. The van der Waals surface area contributed by atoms with Crippen molar-refractivity contribution in [3.05, 3.63) is 53.6 Å². The lowest BCUT2D eigenvalue weighted by Crippen LogP contribution is -2.45. The number of rotatable bonds is 4. The molecular weight excluding hydrogens is 293 g/mol. The zero-order chi connectivity index (χ0) is 16.2. The van der Waals surface area contributed by atoms with Crippen LogP contribution in [0.2, 0.25) is 0 Å². The summed E-state index contributed by atoms with van der Waals surface area (Å²) in [6.45, 7) is 3.75. The number of benzene rings is 1. The third kappa shape index (κ3) is 3.85. The summed E-state index contributed by atoms with van der Waals surface area (Å²) < 4.78 is 18.7. The lowest BCUT2D eigenvalue weighted by molar-refractivity contribution is 0.0374. The number of aromatic nitrogens is 2. The number of halogens is 1. The number of methoxy groups -OCH3 is 1. The van der Waals surface area contributed by atoms with Gasteiger partial charge in [-0.1, -0.05) is 29.8 Å². The van der Waals surface area contributed by atoms with E-state index in [1.54, 1.807) is 7.11 Å². The first-order valence-corrected chi connectivity index (χ1v) is 7.96. The average Bonchev–Trinajstić information content (AvgIpc) is 2.55. The molecular formula is C18H22FN3O. The molecule has 0 radical (unpaired) electrons. The van der Waals surface area contributed by atoms with Crippen LogP contribution in [0.1, 0.15) is 17.5 Å². The Hall–Kier alpha value is -2.01. The lowest BCUT2D eigenvalue weighted by atomic mass is 9.88. The Morgan fingerprint density at radius 3 is 2.78 bits per heavy atom. The normalized spacial score (nSPS) is 21.4. The summed E-state index contributed by atoms with van der Waals surface area (Å²) in [6, 6.07) is 8.58. The number of hydrogen-bond donors (Lipinski definition) is 0. The molecule has 0 spiro atoms. The highest BCUT2D eigenvalue weighted by atomic mass is 19.1. The Kier molecular flexibility index (Phi) is 4.86. The molecule has 1 saturated heterocycles. The lowest BCUT2D eigenvalue weighted by Gasteiger charge is -2.38. The summed E-state index contributed by atoms with van der Waals surface area (Å²) in [6.07, 6.45) is 4.55. The molecule has 3 rings (SSSR count). The monoisotopic (exact) mass is 315 g/mol. The van der Waals surface area contributed by atoms with Gasteiger partial charge < -0.3 is 9.64 Å². The van der Waals surface area contributed by atoms with Crippen LogP contribution in [0, 0.1) is 18.7 Å². The van der Waals surface area contributed by atoms with Crippen molar-refractivity contribution in [3.8, 4) is 0 Å². The van der Waals surface area contributed by atoms with Crippen LogP contribution in [0.25, 0.3) is 0 Å². The van der Waals surface area contributed by atoms with Gasteiger partial charge in [0.1, 0.15) is 0 Å². The summed E-state index contributed by atoms with van der Waals surface area (Å²) >= 11 is 0. The third-order valence-corrected chi connectivity index (χ3v) is 4.44. The van der Waals surface area contributed by atoms with Gasteiger partial charge >= 0.3 is 0 Å². The standard InChI is InChI=1S/C18H22FN3O/c1-13-4-3-5-14(8-13)9-15-12-22(7-6-17(15)23-2)18-20-10-16(19)11-21-18/h3-5,8,10-11,15,17H,6-7,9,12H2,1-2H3/t15-,17+/m0/s1. The molecule has 0 saturated carbocycles. The number of ether oxygens (including phenoxy) is 1. The van der Waals surface area contributed by atoms with Crippen LogP contribution in [0.5, 0.6) is 0 Å². The van der Waals surface area contributed by atoms with E-state index in [1.807, 2.05) is 0 Å². The van der Waals surface area contributed by atoms with E-state index in [2.05, 4.69) is 46.1 Å². The van der Waals surface area contributed by atoms with E-state index in [0.29, 0.717) is 11.9 Å². The first-order chi connectivity index (χ1) is 11.2. The average molecular weight is 315 g/mol. The molecule has 2 heterocycles. The van der Waals surface area contributed by atoms with E-state index < -0.39 is 5.82 Å². The maximum Gasteiger partial charge on any atom is 0.225 e. The highest BCUT2D eigenvalue weighted by Crippen LogP contribution is 2.26. The fourth-order valence-corrected chi connectivity index (χ4v) is 3.31. The molecule has 0 bridgehead atoms. The summed E-state index contributed by atoms with van der Waals surface area (Å²) in [5, 5.41) is 0. The number of hydrogen-bond acceptors (Lipinski definition) is 4. The second kappa shape index (κ2) is 7.04. The highest BCUT2D eigenvalue weighted by Gasteiger charge is 2.30. The van der Waals surface area contributed by atoms with E-state index in [9.17, 15) is 4.39 Å². The molecule has 122 valence electrons. The van der Waals surface area contributed by atoms with Crippen LogP contribution >= 0.6 is 0 Å². The second-order valence-electron chi connectivity index (χ2n) is 6.16. The van der Waals surface area contributed by atoms with Crippen molar-refractivity contribution in [2.75, 3.05) is 25.1 Å². The molecule has 5 heteroatoms. The van der Waals surface area contributed by atoms with Crippen LogP contribution in [0.15, 0.2) is 36.7 Å². The molecule has 0 aliphatic carbocycles. The molecule has 1 fully saturated rings. The van der Waals surface area contributed by atoms with Crippen LogP contribution < -0.4 is 4.90 Å². The fourth-order valence-electron chi connectivity index (χ4n) is 3.31. The number of piperidine rings is 1. The minimum atomic E-state index is -0.406. The minimum absolute atomic E-state index is 0.229. The molecule has 0 amide bonds. The molecule has 0 unspecified atom stereocenters. The first kappa shape index (κ1) is 15.9. The van der Waals surface area contributed by atoms with Gasteiger partial charge in [0.25, 0.3) is 0 Å². The fraction of sp³-hybridized carbons (Fsp3) is 0.444. The van der Waals surface area contributed by atoms with Gasteiger partial charge in [0.15, 0.2) is 5.82 Å². The van der Waals surface area contributed by atoms with Crippen molar-refractivity contribution in [1.82, 2.24) is 9.97 Å². The summed E-state index contributed by atoms with van der Waals surface area (Å²) in [4.78, 5) is 10.3. The van der Waals surface area contributed by atoms with Crippen LogP contribution in [0.3, 0.4) is 0 Å². The van der Waals surface area contributed by atoms with Crippen LogP contribution in [-0.4, -0.2) is 36.3 Å². The maximum absolute atomic E-state index is 13.0. The zero-order valence-corrected chi connectivity index (χ0v) is 13.6. The molecule has 4 nitrogen and oxygen atoms in total. The Morgan fingerprint density at radius 2 is 2.09 bits per heavy atom. The van der Waals surface area contributed by atoms with Gasteiger partial charge in [-0.3, -0.25) is 0 Å². The molecule has 1 aliphatic rings. The summed E-state index contributed by atoms with van der Waals surface area (Å²) in [5.74, 6) is 0.552. The van der Waals surface area contributed by atoms with Gasteiger partial charge in [0.05, 0.1) is 18.5 Å².